The topological polar surface area (TPSA) is 98.4 Å². The zero-order valence-corrected chi connectivity index (χ0v) is 19.1. The van der Waals surface area contributed by atoms with Crippen molar-refractivity contribution in [2.24, 2.45) is 10.8 Å². The molecule has 0 radical (unpaired) electrons. The van der Waals surface area contributed by atoms with Crippen molar-refractivity contribution < 1.29 is 19.0 Å². The molecule has 0 heterocycles. The van der Waals surface area contributed by atoms with Crippen LogP contribution in [0.5, 0.6) is 0 Å². The Morgan fingerprint density at radius 2 is 1.97 bits per heavy atom. The van der Waals surface area contributed by atoms with Gasteiger partial charge < -0.3 is 24.5 Å². The molecular formula is C23H38N4O4. The third kappa shape index (κ3) is 8.22. The molecule has 2 rings (SSSR count). The molecule has 1 amide bonds. The van der Waals surface area contributed by atoms with E-state index in [9.17, 15) is 4.79 Å². The van der Waals surface area contributed by atoms with Crippen LogP contribution in [0.15, 0.2) is 29.3 Å². The SMILES string of the molecule is CN=C(NN)c1cccc(CCOCCC(=O)N(CC(OC)OC)C2CCCCC2)c1. The Morgan fingerprint density at radius 1 is 1.23 bits per heavy atom. The average Bonchev–Trinajstić information content (AvgIpc) is 2.81. The number of amidine groups is 1. The van der Waals surface area contributed by atoms with E-state index in [1.165, 1.54) is 19.3 Å². The second kappa shape index (κ2) is 14.1. The van der Waals surface area contributed by atoms with E-state index >= 15 is 0 Å². The number of carbonyl (C=O) groups excluding carboxylic acids is 1. The molecule has 0 aliphatic heterocycles. The molecule has 0 atom stereocenters. The Morgan fingerprint density at radius 3 is 2.61 bits per heavy atom. The number of benzene rings is 1. The molecule has 1 aromatic rings. The first-order valence-corrected chi connectivity index (χ1v) is 11.1. The summed E-state index contributed by atoms with van der Waals surface area (Å²) >= 11 is 0. The van der Waals surface area contributed by atoms with Crippen molar-refractivity contribution in [2.45, 2.75) is 57.3 Å². The summed E-state index contributed by atoms with van der Waals surface area (Å²) in [6.07, 6.45) is 6.38. The van der Waals surface area contributed by atoms with Gasteiger partial charge in [0, 0.05) is 32.9 Å². The van der Waals surface area contributed by atoms with Crippen molar-refractivity contribution in [1.29, 1.82) is 0 Å². The van der Waals surface area contributed by atoms with Gasteiger partial charge in [-0.2, -0.15) is 0 Å². The van der Waals surface area contributed by atoms with Crippen LogP contribution in [-0.2, 0) is 25.4 Å². The van der Waals surface area contributed by atoms with Gasteiger partial charge in [-0.05, 0) is 30.9 Å². The Labute approximate surface area is 186 Å². The summed E-state index contributed by atoms with van der Waals surface area (Å²) in [5.41, 5.74) is 4.67. The Kier molecular flexibility index (Phi) is 11.5. The number of hydrogen-bond donors (Lipinski definition) is 2. The maximum atomic E-state index is 12.9. The van der Waals surface area contributed by atoms with Crippen LogP contribution >= 0.6 is 0 Å². The largest absolute Gasteiger partial charge is 0.381 e. The zero-order chi connectivity index (χ0) is 22.5. The molecule has 8 heteroatoms. The number of ether oxygens (including phenoxy) is 3. The quantitative estimate of drug-likeness (QED) is 0.131. The molecule has 8 nitrogen and oxygen atoms in total. The van der Waals surface area contributed by atoms with Gasteiger partial charge in [-0.15, -0.1) is 0 Å². The van der Waals surface area contributed by atoms with Crippen LogP contribution in [0.4, 0.5) is 0 Å². The number of aliphatic imine (C=N–C) groups is 1. The first-order chi connectivity index (χ1) is 15.1. The van der Waals surface area contributed by atoms with E-state index in [0.29, 0.717) is 32.0 Å². The van der Waals surface area contributed by atoms with Gasteiger partial charge in [0.2, 0.25) is 5.91 Å². The summed E-state index contributed by atoms with van der Waals surface area (Å²) in [5.74, 6) is 6.25. The number of amides is 1. The molecule has 0 spiro atoms. The molecule has 0 aromatic heterocycles. The van der Waals surface area contributed by atoms with Crippen LogP contribution in [0.25, 0.3) is 0 Å². The minimum absolute atomic E-state index is 0.103. The molecule has 1 saturated carbocycles. The highest BCUT2D eigenvalue weighted by Crippen LogP contribution is 2.23. The molecule has 1 aromatic carbocycles. The van der Waals surface area contributed by atoms with Crippen molar-refractivity contribution in [3.8, 4) is 0 Å². The standard InChI is InChI=1S/C23H38N4O4/c1-25-23(26-24)19-9-7-8-18(16-19)12-14-31-15-13-21(28)27(17-22(29-2)30-3)20-10-5-4-6-11-20/h7-9,16,20,22H,4-6,10-15,17,24H2,1-3H3,(H,25,26). The number of hydrazine groups is 1. The highest BCUT2D eigenvalue weighted by molar-refractivity contribution is 5.98. The number of nitrogens with zero attached hydrogens (tertiary/aromatic N) is 2. The van der Waals surface area contributed by atoms with Crippen molar-refractivity contribution in [3.63, 3.8) is 0 Å². The van der Waals surface area contributed by atoms with E-state index in [0.717, 1.165) is 30.4 Å². The molecular weight excluding hydrogens is 396 g/mol. The Balaban J connectivity index is 1.81. The average molecular weight is 435 g/mol. The van der Waals surface area contributed by atoms with Gasteiger partial charge in [0.25, 0.3) is 0 Å². The summed E-state index contributed by atoms with van der Waals surface area (Å²) in [6, 6.07) is 8.28. The number of nitrogens with two attached hydrogens (primary N) is 1. The van der Waals surface area contributed by atoms with Crippen LogP contribution in [0.2, 0.25) is 0 Å². The van der Waals surface area contributed by atoms with Crippen molar-refractivity contribution in [3.05, 3.63) is 35.4 Å². The van der Waals surface area contributed by atoms with Gasteiger partial charge in [0.05, 0.1) is 26.2 Å². The maximum absolute atomic E-state index is 12.9. The molecule has 1 fully saturated rings. The lowest BCUT2D eigenvalue weighted by Gasteiger charge is -2.36. The molecule has 3 N–H and O–H groups in total. The van der Waals surface area contributed by atoms with E-state index in [1.54, 1.807) is 21.3 Å². The third-order valence-electron chi connectivity index (χ3n) is 5.76. The van der Waals surface area contributed by atoms with Crippen molar-refractivity contribution >= 4 is 11.7 Å². The van der Waals surface area contributed by atoms with Gasteiger partial charge in [0.1, 0.15) is 5.84 Å². The van der Waals surface area contributed by atoms with Gasteiger partial charge in [0.15, 0.2) is 6.29 Å². The molecule has 0 unspecified atom stereocenters. The summed E-state index contributed by atoms with van der Waals surface area (Å²) in [4.78, 5) is 19.0. The molecule has 1 aliphatic rings. The van der Waals surface area contributed by atoms with E-state index in [2.05, 4.69) is 10.4 Å². The number of methoxy groups -OCH3 is 2. The minimum atomic E-state index is -0.404. The van der Waals surface area contributed by atoms with Crippen molar-refractivity contribution in [1.82, 2.24) is 10.3 Å². The molecule has 31 heavy (non-hydrogen) atoms. The highest BCUT2D eigenvalue weighted by Gasteiger charge is 2.27. The van der Waals surface area contributed by atoms with Gasteiger partial charge >= 0.3 is 0 Å². The van der Waals surface area contributed by atoms with Gasteiger partial charge in [-0.1, -0.05) is 37.5 Å². The lowest BCUT2D eigenvalue weighted by Crippen LogP contribution is -2.46. The predicted octanol–water partition coefficient (Wildman–Crippen LogP) is 2.26. The number of nitrogens with one attached hydrogen (secondary N) is 1. The summed E-state index contributed by atoms with van der Waals surface area (Å²) < 4.78 is 16.5. The van der Waals surface area contributed by atoms with Crippen molar-refractivity contribution in [2.75, 3.05) is 41.0 Å². The summed E-state index contributed by atoms with van der Waals surface area (Å²) in [7, 11) is 4.91. The van der Waals surface area contributed by atoms with Gasteiger partial charge in [-0.25, -0.2) is 5.84 Å². The first-order valence-electron chi connectivity index (χ1n) is 11.1. The predicted molar refractivity (Wildman–Crippen MR) is 122 cm³/mol. The fourth-order valence-corrected chi connectivity index (χ4v) is 4.00. The molecule has 0 bridgehead atoms. The van der Waals surface area contributed by atoms with Crippen LogP contribution in [0, 0.1) is 0 Å². The Bertz CT molecular complexity index is 688. The normalized spacial score (nSPS) is 15.3. The minimum Gasteiger partial charge on any atom is -0.381 e. The molecule has 0 saturated heterocycles. The zero-order valence-electron chi connectivity index (χ0n) is 19.1. The second-order valence-corrected chi connectivity index (χ2v) is 7.77. The van der Waals surface area contributed by atoms with E-state index < -0.39 is 6.29 Å². The number of hydrogen-bond acceptors (Lipinski definition) is 6. The number of rotatable bonds is 12. The molecule has 1 aliphatic carbocycles. The summed E-state index contributed by atoms with van der Waals surface area (Å²) in [6.45, 7) is 1.41. The van der Waals surface area contributed by atoms with E-state index in [-0.39, 0.29) is 11.9 Å². The van der Waals surface area contributed by atoms with Crippen LogP contribution in [-0.4, -0.2) is 70.0 Å². The fraction of sp³-hybridized carbons (Fsp3) is 0.652. The third-order valence-corrected chi connectivity index (χ3v) is 5.76. The van der Waals surface area contributed by atoms with Crippen LogP contribution in [0.3, 0.4) is 0 Å². The van der Waals surface area contributed by atoms with Gasteiger partial charge in [-0.3, -0.25) is 9.79 Å². The fourth-order valence-electron chi connectivity index (χ4n) is 4.00. The summed E-state index contributed by atoms with van der Waals surface area (Å²) in [5, 5.41) is 0. The van der Waals surface area contributed by atoms with Crippen LogP contribution in [0.1, 0.15) is 49.7 Å². The van der Waals surface area contributed by atoms with E-state index in [4.69, 9.17) is 20.1 Å². The lowest BCUT2D eigenvalue weighted by atomic mass is 9.94. The van der Waals surface area contributed by atoms with E-state index in [1.807, 2.05) is 29.2 Å². The maximum Gasteiger partial charge on any atom is 0.225 e. The monoisotopic (exact) mass is 434 g/mol. The Hall–Kier alpha value is -2.00. The highest BCUT2D eigenvalue weighted by atomic mass is 16.7. The smallest absolute Gasteiger partial charge is 0.225 e. The first kappa shape index (κ1) is 25.3. The second-order valence-electron chi connectivity index (χ2n) is 7.77. The molecule has 174 valence electrons. The number of carbonyl (C=O) groups is 1. The van der Waals surface area contributed by atoms with Crippen LogP contribution < -0.4 is 11.3 Å². The lowest BCUT2D eigenvalue weighted by molar-refractivity contribution is -0.151.